The van der Waals surface area contributed by atoms with Crippen LogP contribution in [0.2, 0.25) is 0 Å². The van der Waals surface area contributed by atoms with Crippen LogP contribution in [0.1, 0.15) is 17.4 Å². The Hall–Kier alpha value is -0.890. The third-order valence-corrected chi connectivity index (χ3v) is 2.21. The van der Waals surface area contributed by atoms with Crippen LogP contribution in [-0.2, 0) is 11.4 Å². The molecule has 1 heterocycles. The Morgan fingerprint density at radius 3 is 3.17 bits per heavy atom. The Kier molecular flexibility index (Phi) is 3.74. The average Bonchev–Trinajstić information content (AvgIpc) is 2.53. The Labute approximate surface area is 75.5 Å². The highest BCUT2D eigenvalue weighted by atomic mass is 32.1. The van der Waals surface area contributed by atoms with Crippen LogP contribution in [0.15, 0.2) is 11.4 Å². The maximum atomic E-state index is 8.53. The summed E-state index contributed by atoms with van der Waals surface area (Å²) in [5.41, 5.74) is 3.51. The van der Waals surface area contributed by atoms with Gasteiger partial charge in [0.1, 0.15) is 6.07 Å². The molecule has 0 aliphatic carbocycles. The van der Waals surface area contributed by atoms with Crippen molar-refractivity contribution < 1.29 is 4.84 Å². The van der Waals surface area contributed by atoms with Crippen LogP contribution in [-0.4, -0.2) is 6.61 Å². The molecule has 64 valence electrons. The minimum atomic E-state index is 0.649. The molecule has 12 heavy (non-hydrogen) atoms. The molecule has 4 heteroatoms. The topological polar surface area (TPSA) is 45.0 Å². The van der Waals surface area contributed by atoms with Crippen molar-refractivity contribution in [2.45, 2.75) is 13.5 Å². The van der Waals surface area contributed by atoms with Gasteiger partial charge in [-0.1, -0.05) is 0 Å². The molecular formula is C8H10N2OS. The predicted octanol–water partition coefficient (Wildman–Crippen LogP) is 1.66. The van der Waals surface area contributed by atoms with Crippen LogP contribution in [0.25, 0.3) is 0 Å². The summed E-state index contributed by atoms with van der Waals surface area (Å²) in [6.45, 7) is 3.23. The number of nitrogens with one attached hydrogen (secondary N) is 1. The summed E-state index contributed by atoms with van der Waals surface area (Å²) in [5.74, 6) is 0. The van der Waals surface area contributed by atoms with Gasteiger partial charge in [-0.25, -0.2) is 0 Å². The first-order valence-electron chi connectivity index (χ1n) is 3.69. The minimum Gasteiger partial charge on any atom is -0.302 e. The standard InChI is InChI=1S/C8H10N2OS/c1-2-11-10-5-8-3-7(4-9)6-12-8/h3,6,10H,2,5H2,1H3. The number of nitriles is 1. The zero-order chi connectivity index (χ0) is 8.81. The van der Waals surface area contributed by atoms with Crippen LogP contribution in [0.4, 0.5) is 0 Å². The largest absolute Gasteiger partial charge is 0.302 e. The molecule has 1 aromatic heterocycles. The summed E-state index contributed by atoms with van der Waals surface area (Å²) in [6, 6.07) is 3.94. The van der Waals surface area contributed by atoms with E-state index in [4.69, 9.17) is 10.1 Å². The van der Waals surface area contributed by atoms with E-state index in [9.17, 15) is 0 Å². The van der Waals surface area contributed by atoms with Crippen molar-refractivity contribution in [3.8, 4) is 6.07 Å². The normalized spacial score (nSPS) is 9.67. The van der Waals surface area contributed by atoms with E-state index >= 15 is 0 Å². The van der Waals surface area contributed by atoms with Gasteiger partial charge in [-0.15, -0.1) is 11.3 Å². The molecular weight excluding hydrogens is 172 g/mol. The van der Waals surface area contributed by atoms with Crippen molar-refractivity contribution in [2.24, 2.45) is 0 Å². The van der Waals surface area contributed by atoms with Gasteiger partial charge in [0.15, 0.2) is 0 Å². The van der Waals surface area contributed by atoms with Crippen molar-refractivity contribution >= 4 is 11.3 Å². The highest BCUT2D eigenvalue weighted by Gasteiger charge is 1.97. The second-order valence-electron chi connectivity index (χ2n) is 2.17. The summed E-state index contributed by atoms with van der Waals surface area (Å²) in [4.78, 5) is 6.07. The fraction of sp³-hybridized carbons (Fsp3) is 0.375. The number of thiophene rings is 1. The number of nitrogens with zero attached hydrogens (tertiary/aromatic N) is 1. The molecule has 0 bridgehead atoms. The average molecular weight is 182 g/mol. The molecule has 0 aliphatic rings. The van der Waals surface area contributed by atoms with E-state index < -0.39 is 0 Å². The highest BCUT2D eigenvalue weighted by Crippen LogP contribution is 2.12. The lowest BCUT2D eigenvalue weighted by molar-refractivity contribution is 0.0469. The predicted molar refractivity (Wildman–Crippen MR) is 47.5 cm³/mol. The molecule has 1 N–H and O–H groups in total. The van der Waals surface area contributed by atoms with Crippen molar-refractivity contribution in [2.75, 3.05) is 6.61 Å². The Balaban J connectivity index is 2.38. The molecule has 3 nitrogen and oxygen atoms in total. The van der Waals surface area contributed by atoms with Crippen LogP contribution in [0.3, 0.4) is 0 Å². The number of hydrogen-bond acceptors (Lipinski definition) is 4. The fourth-order valence-corrected chi connectivity index (χ4v) is 1.49. The van der Waals surface area contributed by atoms with Gasteiger partial charge in [0, 0.05) is 10.3 Å². The highest BCUT2D eigenvalue weighted by molar-refractivity contribution is 7.10. The van der Waals surface area contributed by atoms with E-state index in [0.29, 0.717) is 18.7 Å². The van der Waals surface area contributed by atoms with Crippen LogP contribution in [0.5, 0.6) is 0 Å². The number of hydrogen-bond donors (Lipinski definition) is 1. The third kappa shape index (κ3) is 2.62. The SMILES string of the molecule is CCONCc1cc(C#N)cs1. The van der Waals surface area contributed by atoms with Gasteiger partial charge < -0.3 is 4.84 Å². The number of hydroxylamine groups is 1. The van der Waals surface area contributed by atoms with Gasteiger partial charge in [-0.05, 0) is 13.0 Å². The molecule has 0 saturated carbocycles. The van der Waals surface area contributed by atoms with E-state index in [2.05, 4.69) is 11.5 Å². The van der Waals surface area contributed by atoms with Crippen LogP contribution >= 0.6 is 11.3 Å². The van der Waals surface area contributed by atoms with Gasteiger partial charge in [0.05, 0.1) is 18.7 Å². The molecule has 1 aromatic rings. The van der Waals surface area contributed by atoms with Crippen molar-refractivity contribution in [1.29, 1.82) is 5.26 Å². The van der Waals surface area contributed by atoms with E-state index in [-0.39, 0.29) is 0 Å². The molecule has 0 spiro atoms. The Morgan fingerprint density at radius 2 is 2.58 bits per heavy atom. The van der Waals surface area contributed by atoms with E-state index in [1.54, 1.807) is 11.3 Å². The maximum Gasteiger partial charge on any atom is 0.100 e. The zero-order valence-electron chi connectivity index (χ0n) is 6.83. The second kappa shape index (κ2) is 4.88. The molecule has 1 rings (SSSR count). The lowest BCUT2D eigenvalue weighted by Crippen LogP contribution is -2.12. The van der Waals surface area contributed by atoms with Crippen molar-refractivity contribution in [1.82, 2.24) is 5.48 Å². The summed E-state index contributed by atoms with van der Waals surface area (Å²) in [5, 5.41) is 10.4. The quantitative estimate of drug-likeness (QED) is 0.569. The zero-order valence-corrected chi connectivity index (χ0v) is 7.65. The van der Waals surface area contributed by atoms with E-state index in [1.165, 1.54) is 0 Å². The van der Waals surface area contributed by atoms with Crippen molar-refractivity contribution in [3.63, 3.8) is 0 Å². The summed E-state index contributed by atoms with van der Waals surface area (Å²) < 4.78 is 0. The summed E-state index contributed by atoms with van der Waals surface area (Å²) >= 11 is 1.56. The van der Waals surface area contributed by atoms with E-state index in [0.717, 1.165) is 4.88 Å². The second-order valence-corrected chi connectivity index (χ2v) is 3.16. The monoisotopic (exact) mass is 182 g/mol. The molecule has 0 aromatic carbocycles. The van der Waals surface area contributed by atoms with Crippen LogP contribution in [0, 0.1) is 11.3 Å². The van der Waals surface area contributed by atoms with Gasteiger partial charge >= 0.3 is 0 Å². The van der Waals surface area contributed by atoms with Gasteiger partial charge in [-0.2, -0.15) is 10.7 Å². The minimum absolute atomic E-state index is 0.649. The van der Waals surface area contributed by atoms with Gasteiger partial charge in [0.25, 0.3) is 0 Å². The molecule has 0 aliphatic heterocycles. The molecule has 0 atom stereocenters. The molecule has 0 saturated heterocycles. The molecule has 0 amide bonds. The van der Waals surface area contributed by atoms with Gasteiger partial charge in [0.2, 0.25) is 0 Å². The molecule has 0 radical (unpaired) electrons. The van der Waals surface area contributed by atoms with E-state index in [1.807, 2.05) is 18.4 Å². The first-order chi connectivity index (χ1) is 5.86. The van der Waals surface area contributed by atoms with Crippen LogP contribution < -0.4 is 5.48 Å². The Morgan fingerprint density at radius 1 is 1.75 bits per heavy atom. The lowest BCUT2D eigenvalue weighted by atomic mass is 10.3. The summed E-state index contributed by atoms with van der Waals surface area (Å²) in [6.07, 6.45) is 0. The first-order valence-corrected chi connectivity index (χ1v) is 4.57. The smallest absolute Gasteiger partial charge is 0.100 e. The lowest BCUT2D eigenvalue weighted by Gasteiger charge is -1.99. The fourth-order valence-electron chi connectivity index (χ4n) is 0.756. The first kappa shape index (κ1) is 9.20. The van der Waals surface area contributed by atoms with Crippen molar-refractivity contribution in [3.05, 3.63) is 21.9 Å². The maximum absolute atomic E-state index is 8.53. The Bertz CT molecular complexity index is 277. The van der Waals surface area contributed by atoms with Gasteiger partial charge in [-0.3, -0.25) is 0 Å². The molecule has 0 unspecified atom stereocenters. The summed E-state index contributed by atoms with van der Waals surface area (Å²) in [7, 11) is 0. The third-order valence-electron chi connectivity index (χ3n) is 1.28. The number of rotatable bonds is 4. The molecule has 0 fully saturated rings.